The summed E-state index contributed by atoms with van der Waals surface area (Å²) in [6, 6.07) is 0. The second kappa shape index (κ2) is 5.70. The molecular weight excluding hydrogens is 196 g/mol. The molecule has 0 bridgehead atoms. The van der Waals surface area contributed by atoms with Crippen LogP contribution in [-0.4, -0.2) is 29.1 Å². The van der Waals surface area contributed by atoms with Crippen molar-refractivity contribution in [2.45, 2.75) is 39.2 Å². The summed E-state index contributed by atoms with van der Waals surface area (Å²) in [4.78, 5) is 22.1. The molecule has 1 atom stereocenters. The van der Waals surface area contributed by atoms with Crippen molar-refractivity contribution in [3.63, 3.8) is 0 Å². The number of amides is 1. The second-order valence-corrected chi connectivity index (χ2v) is 4.28. The Labute approximate surface area is 90.0 Å². The molecule has 0 saturated heterocycles. The fourth-order valence-electron chi connectivity index (χ4n) is 1.32. The molecule has 0 saturated carbocycles. The van der Waals surface area contributed by atoms with Gasteiger partial charge in [0.2, 0.25) is 5.91 Å². The maximum absolute atomic E-state index is 11.6. The summed E-state index contributed by atoms with van der Waals surface area (Å²) >= 11 is 0. The summed E-state index contributed by atoms with van der Waals surface area (Å²) in [7, 11) is 0. The predicted octanol–water partition coefficient (Wildman–Crippen LogP) is 0.341. The van der Waals surface area contributed by atoms with Gasteiger partial charge in [-0.3, -0.25) is 9.59 Å². The van der Waals surface area contributed by atoms with E-state index >= 15 is 0 Å². The van der Waals surface area contributed by atoms with E-state index in [1.165, 1.54) is 0 Å². The topological polar surface area (TPSA) is 92.4 Å². The van der Waals surface area contributed by atoms with Crippen molar-refractivity contribution in [2.24, 2.45) is 11.7 Å². The third-order valence-corrected chi connectivity index (χ3v) is 2.20. The Kier molecular flexibility index (Phi) is 5.28. The zero-order valence-corrected chi connectivity index (χ0v) is 9.54. The van der Waals surface area contributed by atoms with Crippen molar-refractivity contribution in [3.8, 4) is 0 Å². The average Bonchev–Trinajstić information content (AvgIpc) is 2.02. The fourth-order valence-corrected chi connectivity index (χ4v) is 1.32. The van der Waals surface area contributed by atoms with Gasteiger partial charge in [0.05, 0.1) is 6.42 Å². The van der Waals surface area contributed by atoms with Gasteiger partial charge in [0.1, 0.15) is 0 Å². The number of carboxylic acid groups (broad SMARTS) is 1. The minimum Gasteiger partial charge on any atom is -0.481 e. The third-order valence-electron chi connectivity index (χ3n) is 2.20. The van der Waals surface area contributed by atoms with Gasteiger partial charge in [-0.1, -0.05) is 6.92 Å². The Bertz CT molecular complexity index is 235. The van der Waals surface area contributed by atoms with Crippen LogP contribution < -0.4 is 11.1 Å². The van der Waals surface area contributed by atoms with E-state index in [-0.39, 0.29) is 24.8 Å². The van der Waals surface area contributed by atoms with Gasteiger partial charge in [-0.15, -0.1) is 0 Å². The Morgan fingerprint density at radius 2 is 2.00 bits per heavy atom. The lowest BCUT2D eigenvalue weighted by molar-refractivity contribution is -0.138. The fraction of sp³-hybridized carbons (Fsp3) is 0.800. The molecule has 0 fully saturated rings. The lowest BCUT2D eigenvalue weighted by atomic mass is 9.98. The highest BCUT2D eigenvalue weighted by Crippen LogP contribution is 2.10. The Morgan fingerprint density at radius 1 is 1.47 bits per heavy atom. The summed E-state index contributed by atoms with van der Waals surface area (Å²) in [5, 5.41) is 11.3. The number of rotatable bonds is 6. The zero-order valence-electron chi connectivity index (χ0n) is 9.54. The highest BCUT2D eigenvalue weighted by Gasteiger charge is 2.26. The first-order chi connectivity index (χ1) is 6.82. The van der Waals surface area contributed by atoms with Gasteiger partial charge in [0, 0.05) is 18.0 Å². The zero-order chi connectivity index (χ0) is 12.1. The number of nitrogens with two attached hydrogens (primary N) is 1. The van der Waals surface area contributed by atoms with Crippen LogP contribution in [0.15, 0.2) is 0 Å². The molecule has 0 aliphatic heterocycles. The Hall–Kier alpha value is -1.10. The number of hydrogen-bond donors (Lipinski definition) is 3. The molecule has 0 aliphatic carbocycles. The first-order valence-corrected chi connectivity index (χ1v) is 5.06. The molecule has 0 aromatic carbocycles. The van der Waals surface area contributed by atoms with Crippen LogP contribution in [0.25, 0.3) is 0 Å². The van der Waals surface area contributed by atoms with E-state index in [4.69, 9.17) is 10.8 Å². The van der Waals surface area contributed by atoms with Gasteiger partial charge in [0.25, 0.3) is 0 Å². The van der Waals surface area contributed by atoms with Crippen LogP contribution in [0, 0.1) is 5.92 Å². The van der Waals surface area contributed by atoms with E-state index in [1.807, 2.05) is 6.92 Å². The van der Waals surface area contributed by atoms with Crippen LogP contribution in [0.4, 0.5) is 0 Å². The molecule has 15 heavy (non-hydrogen) atoms. The van der Waals surface area contributed by atoms with Crippen molar-refractivity contribution in [1.82, 2.24) is 5.32 Å². The van der Waals surface area contributed by atoms with E-state index < -0.39 is 11.5 Å². The molecule has 0 rings (SSSR count). The standard InChI is InChI=1S/C10H20N2O3/c1-4-7(6-11)9(15)12-10(2,3)5-8(13)14/h7H,4-6,11H2,1-3H3,(H,12,15)(H,13,14). The maximum atomic E-state index is 11.6. The Balaban J connectivity index is 4.31. The smallest absolute Gasteiger partial charge is 0.305 e. The molecule has 4 N–H and O–H groups in total. The maximum Gasteiger partial charge on any atom is 0.305 e. The average molecular weight is 216 g/mol. The van der Waals surface area contributed by atoms with Crippen molar-refractivity contribution in [3.05, 3.63) is 0 Å². The third kappa shape index (κ3) is 5.37. The SMILES string of the molecule is CCC(CN)C(=O)NC(C)(C)CC(=O)O. The van der Waals surface area contributed by atoms with E-state index in [2.05, 4.69) is 5.32 Å². The van der Waals surface area contributed by atoms with Gasteiger partial charge in [-0.25, -0.2) is 0 Å². The molecule has 88 valence electrons. The normalized spacial score (nSPS) is 13.3. The van der Waals surface area contributed by atoms with Gasteiger partial charge >= 0.3 is 5.97 Å². The minimum absolute atomic E-state index is 0.0975. The van der Waals surface area contributed by atoms with E-state index in [0.717, 1.165) is 0 Å². The predicted molar refractivity (Wildman–Crippen MR) is 57.3 cm³/mol. The van der Waals surface area contributed by atoms with E-state index in [0.29, 0.717) is 6.42 Å². The lowest BCUT2D eigenvalue weighted by Crippen LogP contribution is -2.48. The highest BCUT2D eigenvalue weighted by atomic mass is 16.4. The first-order valence-electron chi connectivity index (χ1n) is 5.06. The molecule has 1 unspecified atom stereocenters. The quantitative estimate of drug-likeness (QED) is 0.597. The Morgan fingerprint density at radius 3 is 2.33 bits per heavy atom. The van der Waals surface area contributed by atoms with Crippen LogP contribution in [0.5, 0.6) is 0 Å². The molecule has 1 amide bonds. The molecule has 0 radical (unpaired) electrons. The molecule has 0 aromatic rings. The summed E-state index contributed by atoms with van der Waals surface area (Å²) < 4.78 is 0. The summed E-state index contributed by atoms with van der Waals surface area (Å²) in [5.74, 6) is -1.34. The van der Waals surface area contributed by atoms with Crippen molar-refractivity contribution in [2.75, 3.05) is 6.54 Å². The van der Waals surface area contributed by atoms with Gasteiger partial charge in [-0.05, 0) is 20.3 Å². The largest absolute Gasteiger partial charge is 0.481 e. The van der Waals surface area contributed by atoms with Gasteiger partial charge in [-0.2, -0.15) is 0 Å². The van der Waals surface area contributed by atoms with Crippen LogP contribution in [0.3, 0.4) is 0 Å². The second-order valence-electron chi connectivity index (χ2n) is 4.28. The number of hydrogen-bond acceptors (Lipinski definition) is 3. The van der Waals surface area contributed by atoms with Crippen LogP contribution in [0.2, 0.25) is 0 Å². The molecule has 5 nitrogen and oxygen atoms in total. The molecule has 0 heterocycles. The number of carboxylic acids is 1. The van der Waals surface area contributed by atoms with Gasteiger partial charge in [0.15, 0.2) is 0 Å². The van der Waals surface area contributed by atoms with Crippen molar-refractivity contribution < 1.29 is 14.7 Å². The highest BCUT2D eigenvalue weighted by molar-refractivity contribution is 5.80. The van der Waals surface area contributed by atoms with E-state index in [9.17, 15) is 9.59 Å². The number of aliphatic carboxylic acids is 1. The van der Waals surface area contributed by atoms with E-state index in [1.54, 1.807) is 13.8 Å². The van der Waals surface area contributed by atoms with Crippen molar-refractivity contribution in [1.29, 1.82) is 0 Å². The number of nitrogens with one attached hydrogen (secondary N) is 1. The van der Waals surface area contributed by atoms with Crippen LogP contribution >= 0.6 is 0 Å². The lowest BCUT2D eigenvalue weighted by Gasteiger charge is -2.26. The summed E-state index contributed by atoms with van der Waals surface area (Å²) in [5.41, 5.74) is 4.70. The monoisotopic (exact) mass is 216 g/mol. The molecule has 0 spiro atoms. The number of carbonyl (C=O) groups excluding carboxylic acids is 1. The minimum atomic E-state index is -0.930. The first kappa shape index (κ1) is 13.9. The number of carbonyl (C=O) groups is 2. The summed E-state index contributed by atoms with van der Waals surface area (Å²) in [6.07, 6.45) is 0.561. The molecule has 0 aromatic heterocycles. The van der Waals surface area contributed by atoms with Crippen LogP contribution in [0.1, 0.15) is 33.6 Å². The van der Waals surface area contributed by atoms with Gasteiger partial charge < -0.3 is 16.2 Å². The van der Waals surface area contributed by atoms with Crippen LogP contribution in [-0.2, 0) is 9.59 Å². The molecule has 5 heteroatoms. The van der Waals surface area contributed by atoms with Crippen molar-refractivity contribution >= 4 is 11.9 Å². The summed E-state index contributed by atoms with van der Waals surface area (Å²) in [6.45, 7) is 5.53. The molecule has 0 aliphatic rings. The molecular formula is C10H20N2O3.